The number of aryl methyl sites for hydroxylation is 1. The van der Waals surface area contributed by atoms with Crippen LogP contribution in [0.4, 0.5) is 5.69 Å². The second-order valence-electron chi connectivity index (χ2n) is 10.6. The van der Waals surface area contributed by atoms with Crippen molar-refractivity contribution in [1.29, 1.82) is 0 Å². The van der Waals surface area contributed by atoms with Gasteiger partial charge in [-0.1, -0.05) is 47.5 Å². The maximum atomic E-state index is 14.0. The highest BCUT2D eigenvalue weighted by molar-refractivity contribution is 7.92. The molecule has 3 aromatic rings. The predicted molar refractivity (Wildman–Crippen MR) is 158 cm³/mol. The summed E-state index contributed by atoms with van der Waals surface area (Å²) < 4.78 is 34.2. The van der Waals surface area contributed by atoms with Gasteiger partial charge in [-0.15, -0.1) is 0 Å². The average molecular weight is 586 g/mol. The summed E-state index contributed by atoms with van der Waals surface area (Å²) in [6.45, 7) is 8.52. The lowest BCUT2D eigenvalue weighted by molar-refractivity contribution is -0.140. The van der Waals surface area contributed by atoms with Gasteiger partial charge in [-0.05, 0) is 76.6 Å². The van der Waals surface area contributed by atoms with Gasteiger partial charge in [-0.25, -0.2) is 8.42 Å². The molecule has 0 fully saturated rings. The second-order valence-corrected chi connectivity index (χ2v) is 12.9. The maximum absolute atomic E-state index is 14.0. The maximum Gasteiger partial charge on any atom is 0.264 e. The number of nitrogens with one attached hydrogen (secondary N) is 1. The number of hydrogen-bond acceptors (Lipinski definition) is 5. The van der Waals surface area contributed by atoms with E-state index in [9.17, 15) is 18.0 Å². The van der Waals surface area contributed by atoms with Gasteiger partial charge >= 0.3 is 0 Å². The van der Waals surface area contributed by atoms with Gasteiger partial charge in [0.15, 0.2) is 0 Å². The molecule has 1 N–H and O–H groups in total. The number of rotatable bonds is 10. The lowest BCUT2D eigenvalue weighted by Gasteiger charge is -2.33. The molecule has 0 aliphatic rings. The fourth-order valence-corrected chi connectivity index (χ4v) is 5.64. The van der Waals surface area contributed by atoms with Crippen molar-refractivity contribution in [3.8, 4) is 5.75 Å². The van der Waals surface area contributed by atoms with Crippen LogP contribution in [-0.4, -0.2) is 50.4 Å². The van der Waals surface area contributed by atoms with Crippen molar-refractivity contribution in [2.45, 2.75) is 57.6 Å². The standard InChI is InChI=1S/C30H36ClN3O5S/c1-21-13-15-27(16-14-21)40(37,38)34(25-11-8-12-26(18-25)39-6)20-28(35)33(19-23-9-7-10-24(31)17-23)22(2)29(36)32-30(3,4)5/h7-18,22H,19-20H2,1-6H3,(H,32,36). The first-order valence-electron chi connectivity index (χ1n) is 12.8. The molecule has 3 aromatic carbocycles. The number of carbonyl (C=O) groups is 2. The number of ether oxygens (including phenoxy) is 1. The van der Waals surface area contributed by atoms with Crippen LogP contribution in [0, 0.1) is 6.92 Å². The summed E-state index contributed by atoms with van der Waals surface area (Å²) in [4.78, 5) is 28.6. The Kier molecular flexibility index (Phi) is 9.87. The molecule has 2 amide bonds. The third-order valence-corrected chi connectivity index (χ3v) is 8.16. The molecule has 0 spiro atoms. The van der Waals surface area contributed by atoms with E-state index in [-0.39, 0.29) is 23.0 Å². The Morgan fingerprint density at radius 1 is 1.00 bits per heavy atom. The number of hydrogen-bond donors (Lipinski definition) is 1. The largest absolute Gasteiger partial charge is 0.497 e. The molecule has 1 atom stereocenters. The minimum absolute atomic E-state index is 0.0358. The highest BCUT2D eigenvalue weighted by Gasteiger charge is 2.33. The van der Waals surface area contributed by atoms with E-state index in [4.69, 9.17) is 16.3 Å². The Labute approximate surface area is 241 Å². The summed E-state index contributed by atoms with van der Waals surface area (Å²) in [5.74, 6) is -0.491. The zero-order valence-corrected chi connectivity index (χ0v) is 25.2. The summed E-state index contributed by atoms with van der Waals surface area (Å²) >= 11 is 6.19. The second kappa shape index (κ2) is 12.7. The van der Waals surface area contributed by atoms with E-state index >= 15 is 0 Å². The number of halogens is 1. The van der Waals surface area contributed by atoms with Crippen molar-refractivity contribution >= 4 is 39.1 Å². The molecular formula is C30H36ClN3O5S. The van der Waals surface area contributed by atoms with Crippen LogP contribution in [0.25, 0.3) is 0 Å². The molecule has 0 bridgehead atoms. The average Bonchev–Trinajstić information content (AvgIpc) is 2.89. The molecule has 3 rings (SSSR count). The quantitative estimate of drug-likeness (QED) is 0.353. The van der Waals surface area contributed by atoms with Crippen molar-refractivity contribution in [2.75, 3.05) is 18.0 Å². The number of benzene rings is 3. The first-order valence-corrected chi connectivity index (χ1v) is 14.6. The highest BCUT2D eigenvalue weighted by atomic mass is 35.5. The number of nitrogens with zero attached hydrogens (tertiary/aromatic N) is 2. The molecule has 0 aliphatic heterocycles. The molecular weight excluding hydrogens is 550 g/mol. The first kappa shape index (κ1) is 31.0. The number of anilines is 1. The third-order valence-electron chi connectivity index (χ3n) is 6.14. The van der Waals surface area contributed by atoms with E-state index in [0.29, 0.717) is 16.3 Å². The van der Waals surface area contributed by atoms with Gasteiger partial charge in [0.05, 0.1) is 17.7 Å². The van der Waals surface area contributed by atoms with E-state index < -0.39 is 34.1 Å². The molecule has 1 unspecified atom stereocenters. The zero-order chi connectivity index (χ0) is 29.7. The summed E-state index contributed by atoms with van der Waals surface area (Å²) in [5.41, 5.74) is 1.32. The smallest absolute Gasteiger partial charge is 0.264 e. The lowest BCUT2D eigenvalue weighted by Crippen LogP contribution is -2.54. The van der Waals surface area contributed by atoms with E-state index in [1.54, 1.807) is 67.6 Å². The predicted octanol–water partition coefficient (Wildman–Crippen LogP) is 5.18. The number of carbonyl (C=O) groups excluding carboxylic acids is 2. The van der Waals surface area contributed by atoms with Crippen LogP contribution in [0.3, 0.4) is 0 Å². The number of amides is 2. The van der Waals surface area contributed by atoms with Gasteiger partial charge in [0.1, 0.15) is 18.3 Å². The van der Waals surface area contributed by atoms with Gasteiger partial charge in [0, 0.05) is 23.2 Å². The first-order chi connectivity index (χ1) is 18.7. The normalized spacial score (nSPS) is 12.4. The van der Waals surface area contributed by atoms with Gasteiger partial charge in [-0.2, -0.15) is 0 Å². The van der Waals surface area contributed by atoms with E-state index in [0.717, 1.165) is 9.87 Å². The Morgan fingerprint density at radius 2 is 1.65 bits per heavy atom. The minimum Gasteiger partial charge on any atom is -0.497 e. The third kappa shape index (κ3) is 7.99. The van der Waals surface area contributed by atoms with Gasteiger partial charge < -0.3 is 15.0 Å². The Balaban J connectivity index is 2.06. The zero-order valence-electron chi connectivity index (χ0n) is 23.6. The molecule has 8 nitrogen and oxygen atoms in total. The molecule has 0 aromatic heterocycles. The van der Waals surface area contributed by atoms with Crippen LogP contribution in [0.1, 0.15) is 38.8 Å². The van der Waals surface area contributed by atoms with Gasteiger partial charge in [0.2, 0.25) is 11.8 Å². The molecule has 214 valence electrons. The summed E-state index contributed by atoms with van der Waals surface area (Å²) in [7, 11) is -2.69. The number of methoxy groups -OCH3 is 1. The SMILES string of the molecule is COc1cccc(N(CC(=O)N(Cc2cccc(Cl)c2)C(C)C(=O)NC(C)(C)C)S(=O)(=O)c2ccc(C)cc2)c1. The number of sulfonamides is 1. The molecule has 0 radical (unpaired) electrons. The molecule has 0 saturated carbocycles. The van der Waals surface area contributed by atoms with Gasteiger partial charge in [0.25, 0.3) is 10.0 Å². The van der Waals surface area contributed by atoms with Crippen molar-refractivity contribution in [2.24, 2.45) is 0 Å². The van der Waals surface area contributed by atoms with Crippen molar-refractivity contribution in [3.63, 3.8) is 0 Å². The van der Waals surface area contributed by atoms with Crippen molar-refractivity contribution in [1.82, 2.24) is 10.2 Å². The van der Waals surface area contributed by atoms with Crippen molar-refractivity contribution in [3.05, 3.63) is 88.9 Å². The van der Waals surface area contributed by atoms with Crippen LogP contribution in [0.5, 0.6) is 5.75 Å². The summed E-state index contributed by atoms with van der Waals surface area (Å²) in [6.07, 6.45) is 0. The van der Waals surface area contributed by atoms with Crippen LogP contribution in [0.2, 0.25) is 5.02 Å². The van der Waals surface area contributed by atoms with Crippen LogP contribution >= 0.6 is 11.6 Å². The minimum atomic E-state index is -4.17. The monoisotopic (exact) mass is 585 g/mol. The topological polar surface area (TPSA) is 96.0 Å². The Hall–Kier alpha value is -3.56. The fourth-order valence-electron chi connectivity index (χ4n) is 4.02. The molecule has 10 heteroatoms. The molecule has 0 saturated heterocycles. The molecule has 0 aliphatic carbocycles. The van der Waals surface area contributed by atoms with Crippen LogP contribution < -0.4 is 14.4 Å². The van der Waals surface area contributed by atoms with E-state index in [2.05, 4.69) is 5.32 Å². The summed E-state index contributed by atoms with van der Waals surface area (Å²) in [6, 6.07) is 19.0. The molecule has 0 heterocycles. The highest BCUT2D eigenvalue weighted by Crippen LogP contribution is 2.28. The summed E-state index contributed by atoms with van der Waals surface area (Å²) in [5, 5.41) is 3.39. The lowest BCUT2D eigenvalue weighted by atomic mass is 10.1. The van der Waals surface area contributed by atoms with Crippen LogP contribution in [-0.2, 0) is 26.2 Å². The Morgan fingerprint density at radius 3 is 2.25 bits per heavy atom. The van der Waals surface area contributed by atoms with Gasteiger partial charge in [-0.3, -0.25) is 13.9 Å². The fraction of sp³-hybridized carbons (Fsp3) is 0.333. The van der Waals surface area contributed by atoms with E-state index in [1.165, 1.54) is 24.1 Å². The Bertz CT molecular complexity index is 1450. The molecule has 40 heavy (non-hydrogen) atoms. The van der Waals surface area contributed by atoms with Crippen molar-refractivity contribution < 1.29 is 22.7 Å². The van der Waals surface area contributed by atoms with E-state index in [1.807, 2.05) is 27.7 Å². The van der Waals surface area contributed by atoms with Crippen LogP contribution in [0.15, 0.2) is 77.7 Å².